The molecule has 0 bridgehead atoms. The van der Waals surface area contributed by atoms with Crippen LogP contribution in [-0.2, 0) is 0 Å². The first kappa shape index (κ1) is 15.7. The second kappa shape index (κ2) is 6.94. The van der Waals surface area contributed by atoms with E-state index in [9.17, 15) is 0 Å². The molecule has 3 rings (SSSR count). The van der Waals surface area contributed by atoms with Crippen molar-refractivity contribution >= 4 is 5.95 Å². The maximum atomic E-state index is 5.89. The molecule has 2 aromatic rings. The van der Waals surface area contributed by atoms with Gasteiger partial charge < -0.3 is 9.64 Å². The van der Waals surface area contributed by atoms with E-state index >= 15 is 0 Å². The third-order valence-electron chi connectivity index (χ3n) is 4.29. The van der Waals surface area contributed by atoms with Gasteiger partial charge in [0, 0.05) is 36.2 Å². The number of aromatic nitrogens is 3. The van der Waals surface area contributed by atoms with Crippen LogP contribution in [0.15, 0.2) is 24.4 Å². The summed E-state index contributed by atoms with van der Waals surface area (Å²) in [7, 11) is 0. The molecule has 1 aliphatic rings. The van der Waals surface area contributed by atoms with Crippen molar-refractivity contribution in [2.45, 2.75) is 33.6 Å². The summed E-state index contributed by atoms with van der Waals surface area (Å²) in [6, 6.07) is 5.98. The summed E-state index contributed by atoms with van der Waals surface area (Å²) in [6.45, 7) is 8.78. The van der Waals surface area contributed by atoms with Gasteiger partial charge in [0.1, 0.15) is 0 Å². The zero-order valence-corrected chi connectivity index (χ0v) is 14.1. The third kappa shape index (κ3) is 3.97. The third-order valence-corrected chi connectivity index (χ3v) is 4.29. The van der Waals surface area contributed by atoms with Crippen molar-refractivity contribution in [3.05, 3.63) is 41.3 Å². The van der Waals surface area contributed by atoms with Crippen LogP contribution < -0.4 is 9.64 Å². The molecule has 1 aliphatic heterocycles. The van der Waals surface area contributed by atoms with Crippen LogP contribution in [0, 0.1) is 26.7 Å². The number of pyridine rings is 1. The number of nitrogens with zero attached hydrogens (tertiary/aromatic N) is 4. The molecule has 0 saturated carbocycles. The molecule has 3 heterocycles. The minimum Gasteiger partial charge on any atom is -0.477 e. The van der Waals surface area contributed by atoms with Gasteiger partial charge in [0.15, 0.2) is 0 Å². The summed E-state index contributed by atoms with van der Waals surface area (Å²) in [4.78, 5) is 15.7. The van der Waals surface area contributed by atoms with Crippen molar-refractivity contribution in [2.24, 2.45) is 5.92 Å². The second-order valence-corrected chi connectivity index (χ2v) is 6.32. The quantitative estimate of drug-likeness (QED) is 0.868. The van der Waals surface area contributed by atoms with Gasteiger partial charge in [-0.15, -0.1) is 0 Å². The Kier molecular flexibility index (Phi) is 4.74. The van der Waals surface area contributed by atoms with Crippen LogP contribution in [0.25, 0.3) is 0 Å². The molecule has 2 aromatic heterocycles. The van der Waals surface area contributed by atoms with E-state index in [1.54, 1.807) is 6.20 Å². The Labute approximate surface area is 137 Å². The lowest BCUT2D eigenvalue weighted by molar-refractivity contribution is 0.214. The average Bonchev–Trinajstić information content (AvgIpc) is 2.54. The Balaban J connectivity index is 1.53. The number of hydrogen-bond donors (Lipinski definition) is 0. The largest absolute Gasteiger partial charge is 0.477 e. The van der Waals surface area contributed by atoms with Crippen molar-refractivity contribution in [2.75, 3.05) is 24.6 Å². The van der Waals surface area contributed by atoms with Crippen molar-refractivity contribution in [1.82, 2.24) is 15.0 Å². The summed E-state index contributed by atoms with van der Waals surface area (Å²) < 4.78 is 5.89. The predicted molar refractivity (Wildman–Crippen MR) is 90.9 cm³/mol. The standard InChI is InChI=1S/C18H24N4O/c1-13-5-4-8-19-17(13)23-12-16-6-9-22(10-7-16)18-20-14(2)11-15(3)21-18/h4-5,8,11,16H,6-7,9-10,12H2,1-3H3. The topological polar surface area (TPSA) is 51.1 Å². The molecule has 23 heavy (non-hydrogen) atoms. The maximum absolute atomic E-state index is 5.89. The van der Waals surface area contributed by atoms with Crippen LogP contribution in [0.3, 0.4) is 0 Å². The van der Waals surface area contributed by atoms with Gasteiger partial charge in [0.25, 0.3) is 0 Å². The SMILES string of the molecule is Cc1cc(C)nc(N2CCC(COc3ncccc3C)CC2)n1. The van der Waals surface area contributed by atoms with E-state index in [1.165, 1.54) is 0 Å². The van der Waals surface area contributed by atoms with Crippen LogP contribution in [0.4, 0.5) is 5.95 Å². The monoisotopic (exact) mass is 312 g/mol. The van der Waals surface area contributed by atoms with Crippen LogP contribution in [-0.4, -0.2) is 34.6 Å². The molecule has 0 radical (unpaired) electrons. The lowest BCUT2D eigenvalue weighted by Crippen LogP contribution is -2.36. The number of anilines is 1. The minimum absolute atomic E-state index is 0.568. The number of ether oxygens (including phenoxy) is 1. The Bertz CT molecular complexity index is 646. The van der Waals surface area contributed by atoms with Crippen molar-refractivity contribution in [1.29, 1.82) is 0 Å². The molecule has 5 heteroatoms. The van der Waals surface area contributed by atoms with Gasteiger partial charge in [-0.1, -0.05) is 6.07 Å². The fraction of sp³-hybridized carbons (Fsp3) is 0.500. The van der Waals surface area contributed by atoms with Crippen molar-refractivity contribution in [3.8, 4) is 5.88 Å². The molecule has 0 amide bonds. The smallest absolute Gasteiger partial charge is 0.225 e. The van der Waals surface area contributed by atoms with E-state index in [0.717, 1.165) is 61.3 Å². The average molecular weight is 312 g/mol. The molecule has 0 atom stereocenters. The van der Waals surface area contributed by atoms with E-state index in [2.05, 4.69) is 19.9 Å². The Morgan fingerprint density at radius 2 is 1.83 bits per heavy atom. The molecule has 0 aromatic carbocycles. The molecule has 1 saturated heterocycles. The van der Waals surface area contributed by atoms with Gasteiger partial charge in [-0.05, 0) is 51.7 Å². The van der Waals surface area contributed by atoms with Gasteiger partial charge in [0.2, 0.25) is 11.8 Å². The number of aryl methyl sites for hydroxylation is 3. The number of piperidine rings is 1. The number of rotatable bonds is 4. The molecule has 1 fully saturated rings. The van der Waals surface area contributed by atoms with Crippen LogP contribution in [0.2, 0.25) is 0 Å². The predicted octanol–water partition coefficient (Wildman–Crippen LogP) is 3.09. The molecule has 0 spiro atoms. The van der Waals surface area contributed by atoms with Crippen molar-refractivity contribution in [3.63, 3.8) is 0 Å². The first-order chi connectivity index (χ1) is 11.1. The fourth-order valence-corrected chi connectivity index (χ4v) is 2.97. The zero-order chi connectivity index (χ0) is 16.2. The van der Waals surface area contributed by atoms with Crippen LogP contribution >= 0.6 is 0 Å². The van der Waals surface area contributed by atoms with Gasteiger partial charge >= 0.3 is 0 Å². The molecular weight excluding hydrogens is 288 g/mol. The van der Waals surface area contributed by atoms with E-state index in [4.69, 9.17) is 4.74 Å². The van der Waals surface area contributed by atoms with Crippen LogP contribution in [0.1, 0.15) is 29.8 Å². The van der Waals surface area contributed by atoms with E-state index in [1.807, 2.05) is 39.0 Å². The second-order valence-electron chi connectivity index (χ2n) is 6.32. The van der Waals surface area contributed by atoms with E-state index < -0.39 is 0 Å². The van der Waals surface area contributed by atoms with Gasteiger partial charge in [0.05, 0.1) is 6.61 Å². The summed E-state index contributed by atoms with van der Waals surface area (Å²) >= 11 is 0. The van der Waals surface area contributed by atoms with E-state index in [0.29, 0.717) is 5.92 Å². The molecular formula is C18H24N4O. The first-order valence-corrected chi connectivity index (χ1v) is 8.23. The summed E-state index contributed by atoms with van der Waals surface area (Å²) in [6.07, 6.45) is 3.98. The zero-order valence-electron chi connectivity index (χ0n) is 14.1. The Morgan fingerprint density at radius 3 is 2.48 bits per heavy atom. The van der Waals surface area contributed by atoms with E-state index in [-0.39, 0.29) is 0 Å². The Hall–Kier alpha value is -2.17. The maximum Gasteiger partial charge on any atom is 0.225 e. The van der Waals surface area contributed by atoms with Gasteiger partial charge in [-0.3, -0.25) is 0 Å². The highest BCUT2D eigenvalue weighted by Crippen LogP contribution is 2.22. The number of hydrogen-bond acceptors (Lipinski definition) is 5. The van der Waals surface area contributed by atoms with Crippen LogP contribution in [0.5, 0.6) is 5.88 Å². The molecule has 0 unspecified atom stereocenters. The molecule has 0 N–H and O–H groups in total. The summed E-state index contributed by atoms with van der Waals surface area (Å²) in [5.74, 6) is 2.19. The molecule has 5 nitrogen and oxygen atoms in total. The lowest BCUT2D eigenvalue weighted by atomic mass is 9.98. The first-order valence-electron chi connectivity index (χ1n) is 8.23. The Morgan fingerprint density at radius 1 is 1.13 bits per heavy atom. The normalized spacial score (nSPS) is 15.7. The highest BCUT2D eigenvalue weighted by Gasteiger charge is 2.22. The highest BCUT2D eigenvalue weighted by atomic mass is 16.5. The molecule has 0 aliphatic carbocycles. The summed E-state index contributed by atoms with van der Waals surface area (Å²) in [5, 5.41) is 0. The summed E-state index contributed by atoms with van der Waals surface area (Å²) in [5.41, 5.74) is 3.15. The van der Waals surface area contributed by atoms with Gasteiger partial charge in [-0.25, -0.2) is 15.0 Å². The minimum atomic E-state index is 0.568. The lowest BCUT2D eigenvalue weighted by Gasteiger charge is -2.32. The van der Waals surface area contributed by atoms with Gasteiger partial charge in [-0.2, -0.15) is 0 Å². The fourth-order valence-electron chi connectivity index (χ4n) is 2.97. The highest BCUT2D eigenvalue weighted by molar-refractivity contribution is 5.32. The van der Waals surface area contributed by atoms with Crippen molar-refractivity contribution < 1.29 is 4.74 Å². The molecule has 122 valence electrons.